The summed E-state index contributed by atoms with van der Waals surface area (Å²) in [5, 5.41) is 37.1. The first-order valence-corrected chi connectivity index (χ1v) is 4.79. The van der Waals surface area contributed by atoms with Crippen LogP contribution in [-0.4, -0.2) is 50.7 Å². The van der Waals surface area contributed by atoms with Crippen LogP contribution in [0.3, 0.4) is 0 Å². The Bertz CT molecular complexity index is 209. The van der Waals surface area contributed by atoms with Crippen LogP contribution in [0.4, 0.5) is 0 Å². The number of carbonyl (C=O) groups excluding carboxylic acids is 1. The molecule has 90 valence electrons. The van der Waals surface area contributed by atoms with E-state index in [0.29, 0.717) is 0 Å². The highest BCUT2D eigenvalue weighted by molar-refractivity contribution is 5.79. The average Bonchev–Trinajstić information content (AvgIpc) is 2.13. The minimum atomic E-state index is -1.87. The molecule has 0 fully saturated rings. The molecule has 0 aliphatic rings. The van der Waals surface area contributed by atoms with Gasteiger partial charge in [-0.05, 0) is 12.3 Å². The van der Waals surface area contributed by atoms with Crippen LogP contribution in [0.1, 0.15) is 20.3 Å². The van der Waals surface area contributed by atoms with Crippen molar-refractivity contribution in [3.05, 3.63) is 0 Å². The molecule has 6 nitrogen and oxygen atoms in total. The van der Waals surface area contributed by atoms with Crippen LogP contribution in [0, 0.1) is 5.92 Å². The van der Waals surface area contributed by atoms with E-state index in [1.807, 2.05) is 13.8 Å². The highest BCUT2D eigenvalue weighted by atomic mass is 16.4. The summed E-state index contributed by atoms with van der Waals surface area (Å²) in [5.41, 5.74) is 4.73. The third kappa shape index (κ3) is 4.57. The molecule has 0 rings (SSSR count). The zero-order valence-electron chi connectivity index (χ0n) is 8.87. The Labute approximate surface area is 88.3 Å². The summed E-state index contributed by atoms with van der Waals surface area (Å²) in [6.07, 6.45) is -6.18. The van der Waals surface area contributed by atoms with Gasteiger partial charge in [-0.3, -0.25) is 4.79 Å². The Morgan fingerprint density at radius 2 is 1.60 bits per heavy atom. The molecular weight excluding hydrogens is 202 g/mol. The van der Waals surface area contributed by atoms with E-state index in [0.717, 1.165) is 0 Å². The predicted molar refractivity (Wildman–Crippen MR) is 52.7 cm³/mol. The van der Waals surface area contributed by atoms with Crippen LogP contribution < -0.4 is 5.73 Å². The number of nitrogens with two attached hydrogens (primary N) is 1. The predicted octanol–water partition coefficient (Wildman–Crippen LogP) is -2.04. The molecule has 1 amide bonds. The molecular formula is C9H19NO5. The summed E-state index contributed by atoms with van der Waals surface area (Å²) in [4.78, 5) is 10.5. The fraction of sp³-hybridized carbons (Fsp3) is 0.889. The summed E-state index contributed by atoms with van der Waals surface area (Å²) in [6.45, 7) is 3.65. The van der Waals surface area contributed by atoms with Gasteiger partial charge in [0.15, 0.2) is 6.10 Å². The van der Waals surface area contributed by atoms with Gasteiger partial charge in [-0.15, -0.1) is 0 Å². The SMILES string of the molecule is CC(C)C[C@@H](O)[C@H](O)[C@H](O)[C@@H](O)C(N)=O. The number of rotatable bonds is 6. The van der Waals surface area contributed by atoms with E-state index in [4.69, 9.17) is 10.8 Å². The molecule has 0 aromatic carbocycles. The van der Waals surface area contributed by atoms with Crippen molar-refractivity contribution in [2.75, 3.05) is 0 Å². The molecule has 0 bridgehead atoms. The maximum Gasteiger partial charge on any atom is 0.249 e. The molecule has 15 heavy (non-hydrogen) atoms. The number of aliphatic hydroxyl groups is 4. The van der Waals surface area contributed by atoms with E-state index in [-0.39, 0.29) is 12.3 Å². The van der Waals surface area contributed by atoms with Gasteiger partial charge in [0.25, 0.3) is 0 Å². The summed E-state index contributed by atoms with van der Waals surface area (Å²) in [7, 11) is 0. The van der Waals surface area contributed by atoms with Gasteiger partial charge in [-0.1, -0.05) is 13.8 Å². The Morgan fingerprint density at radius 1 is 1.13 bits per heavy atom. The Balaban J connectivity index is 4.29. The zero-order valence-corrected chi connectivity index (χ0v) is 8.87. The van der Waals surface area contributed by atoms with Crippen molar-refractivity contribution in [1.82, 2.24) is 0 Å². The Kier molecular flexibility index (Phi) is 5.74. The average molecular weight is 221 g/mol. The maximum atomic E-state index is 10.5. The van der Waals surface area contributed by atoms with Gasteiger partial charge < -0.3 is 26.2 Å². The van der Waals surface area contributed by atoms with E-state index < -0.39 is 30.3 Å². The van der Waals surface area contributed by atoms with Crippen molar-refractivity contribution in [2.24, 2.45) is 11.7 Å². The van der Waals surface area contributed by atoms with E-state index in [1.54, 1.807) is 0 Å². The van der Waals surface area contributed by atoms with Crippen molar-refractivity contribution in [3.8, 4) is 0 Å². The van der Waals surface area contributed by atoms with Crippen molar-refractivity contribution >= 4 is 5.91 Å². The molecule has 6 heteroatoms. The quantitative estimate of drug-likeness (QED) is 0.353. The zero-order chi connectivity index (χ0) is 12.2. The lowest BCUT2D eigenvalue weighted by molar-refractivity contribution is -0.144. The lowest BCUT2D eigenvalue weighted by atomic mass is 9.96. The molecule has 0 radical (unpaired) electrons. The highest BCUT2D eigenvalue weighted by Crippen LogP contribution is 2.12. The van der Waals surface area contributed by atoms with Crippen molar-refractivity contribution in [1.29, 1.82) is 0 Å². The molecule has 0 aliphatic heterocycles. The highest BCUT2D eigenvalue weighted by Gasteiger charge is 2.33. The normalized spacial score (nSPS) is 19.7. The molecule has 0 spiro atoms. The third-order valence-corrected chi connectivity index (χ3v) is 2.07. The number of carbonyl (C=O) groups is 1. The van der Waals surface area contributed by atoms with Crippen molar-refractivity contribution in [2.45, 2.75) is 44.7 Å². The van der Waals surface area contributed by atoms with Gasteiger partial charge in [-0.2, -0.15) is 0 Å². The maximum absolute atomic E-state index is 10.5. The minimum absolute atomic E-state index is 0.118. The van der Waals surface area contributed by atoms with Crippen LogP contribution in [0.15, 0.2) is 0 Å². The second kappa shape index (κ2) is 6.02. The minimum Gasteiger partial charge on any atom is -0.390 e. The molecule has 0 unspecified atom stereocenters. The molecule has 0 heterocycles. The largest absolute Gasteiger partial charge is 0.390 e. The van der Waals surface area contributed by atoms with E-state index in [1.165, 1.54) is 0 Å². The number of aliphatic hydroxyl groups excluding tert-OH is 4. The fourth-order valence-corrected chi connectivity index (χ4v) is 1.21. The van der Waals surface area contributed by atoms with Crippen LogP contribution in [0.2, 0.25) is 0 Å². The lowest BCUT2D eigenvalue weighted by Crippen LogP contribution is -2.49. The molecule has 0 aliphatic carbocycles. The molecule has 0 saturated heterocycles. The van der Waals surface area contributed by atoms with Gasteiger partial charge in [-0.25, -0.2) is 0 Å². The molecule has 6 N–H and O–H groups in total. The number of hydrogen-bond donors (Lipinski definition) is 5. The molecule has 0 saturated carbocycles. The first-order valence-electron chi connectivity index (χ1n) is 4.79. The number of hydrogen-bond acceptors (Lipinski definition) is 5. The molecule has 0 aromatic rings. The van der Waals surface area contributed by atoms with Crippen LogP contribution in [0.25, 0.3) is 0 Å². The molecule has 4 atom stereocenters. The van der Waals surface area contributed by atoms with Crippen LogP contribution in [-0.2, 0) is 4.79 Å². The van der Waals surface area contributed by atoms with E-state index in [2.05, 4.69) is 0 Å². The van der Waals surface area contributed by atoms with Gasteiger partial charge in [0.1, 0.15) is 12.2 Å². The van der Waals surface area contributed by atoms with Crippen molar-refractivity contribution in [3.63, 3.8) is 0 Å². The summed E-state index contributed by atoms with van der Waals surface area (Å²) in [5.74, 6) is -1.02. The second-order valence-electron chi connectivity index (χ2n) is 4.03. The first kappa shape index (κ1) is 14.3. The van der Waals surface area contributed by atoms with Gasteiger partial charge in [0.2, 0.25) is 5.91 Å². The first-order chi connectivity index (χ1) is 6.77. The number of primary amides is 1. The summed E-state index contributed by atoms with van der Waals surface area (Å²) >= 11 is 0. The summed E-state index contributed by atoms with van der Waals surface area (Å²) in [6, 6.07) is 0. The van der Waals surface area contributed by atoms with Gasteiger partial charge >= 0.3 is 0 Å². The number of amides is 1. The van der Waals surface area contributed by atoms with Gasteiger partial charge in [0, 0.05) is 0 Å². The van der Waals surface area contributed by atoms with Crippen LogP contribution in [0.5, 0.6) is 0 Å². The van der Waals surface area contributed by atoms with Crippen molar-refractivity contribution < 1.29 is 25.2 Å². The fourth-order valence-electron chi connectivity index (χ4n) is 1.21. The van der Waals surface area contributed by atoms with Gasteiger partial charge in [0.05, 0.1) is 6.10 Å². The second-order valence-corrected chi connectivity index (χ2v) is 4.03. The lowest BCUT2D eigenvalue weighted by Gasteiger charge is -2.25. The monoisotopic (exact) mass is 221 g/mol. The standard InChI is InChI=1S/C9H19NO5/c1-4(2)3-5(11)6(12)7(13)8(14)9(10)15/h4-8,11-14H,3H2,1-2H3,(H2,10,15)/t5-,6+,7+,8-/m1/s1. The summed E-state index contributed by atoms with van der Waals surface area (Å²) < 4.78 is 0. The topological polar surface area (TPSA) is 124 Å². The van der Waals surface area contributed by atoms with Crippen LogP contribution >= 0.6 is 0 Å². The third-order valence-electron chi connectivity index (χ3n) is 2.07. The van der Waals surface area contributed by atoms with E-state index in [9.17, 15) is 20.1 Å². The van der Waals surface area contributed by atoms with E-state index >= 15 is 0 Å². The smallest absolute Gasteiger partial charge is 0.249 e. The Hall–Kier alpha value is -0.690. The Morgan fingerprint density at radius 3 is 1.93 bits per heavy atom. The molecule has 0 aromatic heterocycles.